The van der Waals surface area contributed by atoms with Crippen molar-refractivity contribution in [3.05, 3.63) is 57.8 Å². The Morgan fingerprint density at radius 2 is 2.00 bits per heavy atom. The summed E-state index contributed by atoms with van der Waals surface area (Å²) >= 11 is 1.68. The third kappa shape index (κ3) is 4.43. The molecule has 1 atom stereocenters. The summed E-state index contributed by atoms with van der Waals surface area (Å²) in [4.78, 5) is 25.1. The molecule has 2 rings (SSSR count). The fourth-order valence-electron chi connectivity index (χ4n) is 2.26. The Kier molecular flexibility index (Phi) is 5.72. The third-order valence-electron chi connectivity index (χ3n) is 3.27. The first kappa shape index (κ1) is 16.2. The smallest absolute Gasteiger partial charge is 0.338 e. The number of carbonyl (C=O) groups excluding carboxylic acids is 2. The fraction of sp³-hybridized carbons (Fsp3) is 0.294. The summed E-state index contributed by atoms with van der Waals surface area (Å²) in [7, 11) is 1.34. The molecule has 0 aliphatic rings. The minimum absolute atomic E-state index is 0.0523. The normalized spacial score (nSPS) is 11.7. The number of esters is 1. The van der Waals surface area contributed by atoms with Crippen LogP contribution in [0.25, 0.3) is 0 Å². The molecule has 0 fully saturated rings. The van der Waals surface area contributed by atoms with E-state index in [9.17, 15) is 9.59 Å². The predicted molar refractivity (Wildman–Crippen MR) is 87.1 cm³/mol. The van der Waals surface area contributed by atoms with Gasteiger partial charge < -0.3 is 10.1 Å². The van der Waals surface area contributed by atoms with Crippen LogP contribution < -0.4 is 5.32 Å². The second-order valence-corrected chi connectivity index (χ2v) is 6.11. The first-order valence-corrected chi connectivity index (χ1v) is 7.96. The van der Waals surface area contributed by atoms with Gasteiger partial charge in [-0.3, -0.25) is 4.79 Å². The van der Waals surface area contributed by atoms with Gasteiger partial charge in [-0.1, -0.05) is 24.3 Å². The standard InChI is InChI=1S/C17H19NO3S/c1-12(10-14-7-5-9-22-14)18-16(19)11-13-6-3-4-8-15(13)17(20)21-2/h3-9,12H,10-11H2,1-2H3,(H,18,19). The third-order valence-corrected chi connectivity index (χ3v) is 4.17. The van der Waals surface area contributed by atoms with Gasteiger partial charge in [-0.15, -0.1) is 11.3 Å². The van der Waals surface area contributed by atoms with E-state index in [-0.39, 0.29) is 18.4 Å². The van der Waals surface area contributed by atoms with Crippen LogP contribution in [0.2, 0.25) is 0 Å². The van der Waals surface area contributed by atoms with Crippen molar-refractivity contribution in [2.24, 2.45) is 0 Å². The van der Waals surface area contributed by atoms with Crippen LogP contribution in [0, 0.1) is 0 Å². The number of hydrogen-bond acceptors (Lipinski definition) is 4. The summed E-state index contributed by atoms with van der Waals surface area (Å²) in [6.07, 6.45) is 0.974. The molecule has 1 aromatic heterocycles. The highest BCUT2D eigenvalue weighted by molar-refractivity contribution is 7.09. The number of methoxy groups -OCH3 is 1. The van der Waals surface area contributed by atoms with Gasteiger partial charge in [0.2, 0.25) is 5.91 Å². The fourth-order valence-corrected chi connectivity index (χ4v) is 3.10. The van der Waals surface area contributed by atoms with Crippen LogP contribution in [0.5, 0.6) is 0 Å². The first-order chi connectivity index (χ1) is 10.6. The monoisotopic (exact) mass is 317 g/mol. The van der Waals surface area contributed by atoms with E-state index in [0.717, 1.165) is 6.42 Å². The van der Waals surface area contributed by atoms with Crippen LogP contribution in [0.1, 0.15) is 27.7 Å². The van der Waals surface area contributed by atoms with Crippen molar-refractivity contribution in [3.63, 3.8) is 0 Å². The van der Waals surface area contributed by atoms with E-state index in [1.165, 1.54) is 12.0 Å². The van der Waals surface area contributed by atoms with Crippen molar-refractivity contribution in [1.82, 2.24) is 5.32 Å². The van der Waals surface area contributed by atoms with Gasteiger partial charge in [0.1, 0.15) is 0 Å². The summed E-state index contributed by atoms with van der Waals surface area (Å²) in [5.41, 5.74) is 1.11. The lowest BCUT2D eigenvalue weighted by atomic mass is 10.0. The number of nitrogens with one attached hydrogen (secondary N) is 1. The number of benzene rings is 1. The zero-order valence-electron chi connectivity index (χ0n) is 12.7. The van der Waals surface area contributed by atoms with E-state index in [4.69, 9.17) is 4.74 Å². The minimum atomic E-state index is -0.421. The molecule has 1 N–H and O–H groups in total. The van der Waals surface area contributed by atoms with E-state index < -0.39 is 5.97 Å². The number of ether oxygens (including phenoxy) is 1. The van der Waals surface area contributed by atoms with Crippen LogP contribution in [0.15, 0.2) is 41.8 Å². The van der Waals surface area contributed by atoms with Gasteiger partial charge in [0.05, 0.1) is 19.1 Å². The molecule has 1 unspecified atom stereocenters. The highest BCUT2D eigenvalue weighted by atomic mass is 32.1. The predicted octanol–water partition coefficient (Wildman–Crippen LogP) is 2.82. The molecule has 0 saturated carbocycles. The van der Waals surface area contributed by atoms with Gasteiger partial charge >= 0.3 is 5.97 Å². The number of thiophene rings is 1. The van der Waals surface area contributed by atoms with Crippen molar-refractivity contribution in [2.75, 3.05) is 7.11 Å². The highest BCUT2D eigenvalue weighted by Gasteiger charge is 2.15. The molecule has 0 aliphatic heterocycles. The number of hydrogen-bond donors (Lipinski definition) is 1. The van der Waals surface area contributed by atoms with Gasteiger partial charge in [0.15, 0.2) is 0 Å². The molecule has 5 heteroatoms. The molecule has 116 valence electrons. The lowest BCUT2D eigenvalue weighted by Gasteiger charge is -2.14. The average Bonchev–Trinajstić information content (AvgIpc) is 2.99. The molecule has 0 aliphatic carbocycles. The largest absolute Gasteiger partial charge is 0.465 e. The quantitative estimate of drug-likeness (QED) is 0.834. The molecular weight excluding hydrogens is 298 g/mol. The van der Waals surface area contributed by atoms with Gasteiger partial charge in [0.25, 0.3) is 0 Å². The Balaban J connectivity index is 1.96. The van der Waals surface area contributed by atoms with Crippen LogP contribution in [0.4, 0.5) is 0 Å². The van der Waals surface area contributed by atoms with Gasteiger partial charge in [-0.25, -0.2) is 4.79 Å². The average molecular weight is 317 g/mol. The zero-order valence-corrected chi connectivity index (χ0v) is 13.5. The zero-order chi connectivity index (χ0) is 15.9. The molecule has 22 heavy (non-hydrogen) atoms. The topological polar surface area (TPSA) is 55.4 Å². The molecule has 1 amide bonds. The molecule has 0 saturated heterocycles. The molecule has 0 radical (unpaired) electrons. The van der Waals surface area contributed by atoms with Crippen molar-refractivity contribution in [2.45, 2.75) is 25.8 Å². The SMILES string of the molecule is COC(=O)c1ccccc1CC(=O)NC(C)Cc1cccs1. The first-order valence-electron chi connectivity index (χ1n) is 7.08. The number of amides is 1. The summed E-state index contributed by atoms with van der Waals surface area (Å²) < 4.78 is 4.74. The molecule has 0 spiro atoms. The van der Waals surface area contributed by atoms with Crippen molar-refractivity contribution >= 4 is 23.2 Å². The number of carbonyl (C=O) groups is 2. The summed E-state index contributed by atoms with van der Waals surface area (Å²) in [5, 5.41) is 4.99. The lowest BCUT2D eigenvalue weighted by molar-refractivity contribution is -0.121. The van der Waals surface area contributed by atoms with E-state index in [0.29, 0.717) is 11.1 Å². The second kappa shape index (κ2) is 7.75. The van der Waals surface area contributed by atoms with Crippen LogP contribution in [-0.4, -0.2) is 25.0 Å². The van der Waals surface area contributed by atoms with E-state index in [2.05, 4.69) is 11.4 Å². The number of rotatable bonds is 6. The Hall–Kier alpha value is -2.14. The maximum atomic E-state index is 12.2. The lowest BCUT2D eigenvalue weighted by Crippen LogP contribution is -2.35. The molecule has 2 aromatic rings. The summed E-state index contributed by atoms with van der Waals surface area (Å²) in [6, 6.07) is 11.1. The molecule has 1 aromatic carbocycles. The maximum Gasteiger partial charge on any atom is 0.338 e. The van der Waals surface area contributed by atoms with Crippen LogP contribution in [0.3, 0.4) is 0 Å². The van der Waals surface area contributed by atoms with Crippen molar-refractivity contribution in [3.8, 4) is 0 Å². The van der Waals surface area contributed by atoms with Gasteiger partial charge in [-0.2, -0.15) is 0 Å². The van der Waals surface area contributed by atoms with Crippen molar-refractivity contribution in [1.29, 1.82) is 0 Å². The van der Waals surface area contributed by atoms with Crippen molar-refractivity contribution < 1.29 is 14.3 Å². The summed E-state index contributed by atoms with van der Waals surface area (Å²) in [6.45, 7) is 1.98. The van der Waals surface area contributed by atoms with E-state index in [1.807, 2.05) is 24.4 Å². The second-order valence-electron chi connectivity index (χ2n) is 5.08. The van der Waals surface area contributed by atoms with E-state index in [1.54, 1.807) is 29.5 Å². The molecule has 0 bridgehead atoms. The Morgan fingerprint density at radius 1 is 1.23 bits per heavy atom. The molecule has 4 nitrogen and oxygen atoms in total. The summed E-state index contributed by atoms with van der Waals surface area (Å²) in [5.74, 6) is -0.518. The maximum absolute atomic E-state index is 12.2. The Labute approximate surface area is 134 Å². The molecular formula is C17H19NO3S. The van der Waals surface area contributed by atoms with Gasteiger partial charge in [-0.05, 0) is 30.0 Å². The highest BCUT2D eigenvalue weighted by Crippen LogP contribution is 2.13. The molecule has 1 heterocycles. The van der Waals surface area contributed by atoms with E-state index >= 15 is 0 Å². The Bertz CT molecular complexity index is 637. The van der Waals surface area contributed by atoms with Crippen LogP contribution >= 0.6 is 11.3 Å². The Morgan fingerprint density at radius 3 is 2.68 bits per heavy atom. The van der Waals surface area contributed by atoms with Gasteiger partial charge in [0, 0.05) is 17.3 Å². The minimum Gasteiger partial charge on any atom is -0.465 e. The van der Waals surface area contributed by atoms with Crippen LogP contribution in [-0.2, 0) is 22.4 Å².